The summed E-state index contributed by atoms with van der Waals surface area (Å²) in [5.41, 5.74) is 5.66. The molecule has 5 nitrogen and oxygen atoms in total. The van der Waals surface area contributed by atoms with E-state index in [1.165, 1.54) is 0 Å². The number of amides is 2. The zero-order valence-corrected chi connectivity index (χ0v) is 12.8. The minimum Gasteiger partial charge on any atom is -0.355 e. The average Bonchev–Trinajstić information content (AvgIpc) is 3.33. The van der Waals surface area contributed by atoms with E-state index >= 15 is 0 Å². The average molecular weight is 325 g/mol. The van der Waals surface area contributed by atoms with Gasteiger partial charge in [0, 0.05) is 31.6 Å². The van der Waals surface area contributed by atoms with Gasteiger partial charge in [0.2, 0.25) is 5.91 Å². The summed E-state index contributed by atoms with van der Waals surface area (Å²) in [7, 11) is 0. The van der Waals surface area contributed by atoms with Crippen LogP contribution >= 0.6 is 0 Å². The van der Waals surface area contributed by atoms with E-state index in [4.69, 9.17) is 5.73 Å². The van der Waals surface area contributed by atoms with Crippen LogP contribution in [0.1, 0.15) is 36.0 Å². The third-order valence-electron chi connectivity index (χ3n) is 3.80. The molecule has 1 aromatic rings. The van der Waals surface area contributed by atoms with Crippen LogP contribution in [0.2, 0.25) is 0 Å². The molecule has 0 spiro atoms. The molecule has 1 aromatic carbocycles. The van der Waals surface area contributed by atoms with E-state index in [1.807, 2.05) is 0 Å². The molecule has 2 rings (SSSR count). The van der Waals surface area contributed by atoms with Gasteiger partial charge in [-0.1, -0.05) is 0 Å². The van der Waals surface area contributed by atoms with Crippen molar-refractivity contribution < 1.29 is 18.4 Å². The number of carbonyl (C=O) groups excluding carboxylic acids is 2. The number of hydrogen-bond donors (Lipinski definition) is 3. The van der Waals surface area contributed by atoms with Crippen molar-refractivity contribution in [2.24, 2.45) is 11.7 Å². The highest BCUT2D eigenvalue weighted by atomic mass is 19.1. The number of halogens is 2. The van der Waals surface area contributed by atoms with Crippen molar-refractivity contribution >= 4 is 11.8 Å². The zero-order chi connectivity index (χ0) is 16.8. The topological polar surface area (TPSA) is 84.2 Å². The third-order valence-corrected chi connectivity index (χ3v) is 3.80. The van der Waals surface area contributed by atoms with Crippen molar-refractivity contribution in [3.05, 3.63) is 35.4 Å². The predicted molar refractivity (Wildman–Crippen MR) is 81.6 cm³/mol. The SMILES string of the molecule is NC(CNC(=O)CCCNC(=O)c1ccc(F)cc1F)C1CC1. The van der Waals surface area contributed by atoms with Crippen molar-refractivity contribution in [3.63, 3.8) is 0 Å². The van der Waals surface area contributed by atoms with Crippen molar-refractivity contribution in [2.45, 2.75) is 31.7 Å². The van der Waals surface area contributed by atoms with Crippen LogP contribution in [-0.2, 0) is 4.79 Å². The minimum atomic E-state index is -0.908. The van der Waals surface area contributed by atoms with Crippen molar-refractivity contribution in [1.82, 2.24) is 10.6 Å². The molecule has 1 fully saturated rings. The van der Waals surface area contributed by atoms with E-state index in [1.54, 1.807) is 0 Å². The van der Waals surface area contributed by atoms with Crippen LogP contribution in [0.4, 0.5) is 8.78 Å². The molecular formula is C16H21F2N3O2. The Hall–Kier alpha value is -2.02. The Morgan fingerprint density at radius 3 is 2.65 bits per heavy atom. The van der Waals surface area contributed by atoms with Gasteiger partial charge in [0.05, 0.1) is 5.56 Å². The van der Waals surface area contributed by atoms with Gasteiger partial charge in [-0.2, -0.15) is 0 Å². The molecule has 1 aliphatic carbocycles. The number of nitrogens with two attached hydrogens (primary N) is 1. The van der Waals surface area contributed by atoms with Gasteiger partial charge < -0.3 is 16.4 Å². The first-order valence-electron chi connectivity index (χ1n) is 7.73. The first kappa shape index (κ1) is 17.3. The number of rotatable bonds is 8. The smallest absolute Gasteiger partial charge is 0.254 e. The van der Waals surface area contributed by atoms with Crippen LogP contribution in [-0.4, -0.2) is 30.9 Å². The quantitative estimate of drug-likeness (QED) is 0.631. The summed E-state index contributed by atoms with van der Waals surface area (Å²) in [4.78, 5) is 23.3. The molecule has 4 N–H and O–H groups in total. The van der Waals surface area contributed by atoms with Crippen LogP contribution in [0.25, 0.3) is 0 Å². The Morgan fingerprint density at radius 1 is 1.26 bits per heavy atom. The highest BCUT2D eigenvalue weighted by Crippen LogP contribution is 2.31. The van der Waals surface area contributed by atoms with E-state index in [2.05, 4.69) is 10.6 Å². The molecule has 0 heterocycles. The molecule has 1 saturated carbocycles. The van der Waals surface area contributed by atoms with Gasteiger partial charge in [-0.25, -0.2) is 8.78 Å². The molecule has 0 aromatic heterocycles. The predicted octanol–water partition coefficient (Wildman–Crippen LogP) is 1.33. The lowest BCUT2D eigenvalue weighted by Crippen LogP contribution is -2.38. The fraction of sp³-hybridized carbons (Fsp3) is 0.500. The molecule has 0 radical (unpaired) electrons. The molecule has 23 heavy (non-hydrogen) atoms. The maximum absolute atomic E-state index is 13.4. The summed E-state index contributed by atoms with van der Waals surface area (Å²) in [5.74, 6) is -1.86. The van der Waals surface area contributed by atoms with Gasteiger partial charge in [-0.3, -0.25) is 9.59 Å². The summed E-state index contributed by atoms with van der Waals surface area (Å²) in [6.45, 7) is 0.703. The van der Waals surface area contributed by atoms with Crippen molar-refractivity contribution in [3.8, 4) is 0 Å². The lowest BCUT2D eigenvalue weighted by atomic mass is 10.2. The maximum Gasteiger partial charge on any atom is 0.254 e. The third kappa shape index (κ3) is 5.59. The van der Waals surface area contributed by atoms with Crippen LogP contribution in [0, 0.1) is 17.6 Å². The van der Waals surface area contributed by atoms with Crippen LogP contribution in [0.5, 0.6) is 0 Å². The summed E-state index contributed by atoms with van der Waals surface area (Å²) < 4.78 is 26.2. The second-order valence-electron chi connectivity index (χ2n) is 5.79. The molecule has 0 bridgehead atoms. The van der Waals surface area contributed by atoms with E-state index in [0.717, 1.165) is 25.0 Å². The number of carbonyl (C=O) groups is 2. The normalized spacial score (nSPS) is 15.1. The van der Waals surface area contributed by atoms with Gasteiger partial charge in [0.1, 0.15) is 11.6 Å². The molecular weight excluding hydrogens is 304 g/mol. The molecule has 126 valence electrons. The number of benzene rings is 1. The molecule has 1 atom stereocenters. The molecule has 0 saturated heterocycles. The number of nitrogens with one attached hydrogen (secondary N) is 2. The van der Waals surface area contributed by atoms with E-state index in [0.29, 0.717) is 24.9 Å². The lowest BCUT2D eigenvalue weighted by molar-refractivity contribution is -0.121. The van der Waals surface area contributed by atoms with Crippen molar-refractivity contribution in [1.29, 1.82) is 0 Å². The first-order valence-corrected chi connectivity index (χ1v) is 7.73. The van der Waals surface area contributed by atoms with Gasteiger partial charge in [-0.05, 0) is 37.3 Å². The van der Waals surface area contributed by atoms with Crippen LogP contribution in [0.3, 0.4) is 0 Å². The zero-order valence-electron chi connectivity index (χ0n) is 12.8. The van der Waals surface area contributed by atoms with Gasteiger partial charge in [-0.15, -0.1) is 0 Å². The monoisotopic (exact) mass is 325 g/mol. The molecule has 7 heteroatoms. The Labute approximate surface area is 133 Å². The molecule has 1 aliphatic rings. The Kier molecular flexibility index (Phi) is 6.04. The van der Waals surface area contributed by atoms with Gasteiger partial charge in [0.15, 0.2) is 0 Å². The summed E-state index contributed by atoms with van der Waals surface area (Å²) >= 11 is 0. The molecule has 1 unspecified atom stereocenters. The minimum absolute atomic E-state index is 0.0140. The summed E-state index contributed by atoms with van der Waals surface area (Å²) in [6.07, 6.45) is 2.94. The maximum atomic E-state index is 13.4. The fourth-order valence-corrected chi connectivity index (χ4v) is 2.23. The molecule has 2 amide bonds. The number of hydrogen-bond acceptors (Lipinski definition) is 3. The van der Waals surface area contributed by atoms with E-state index in [9.17, 15) is 18.4 Å². The highest BCUT2D eigenvalue weighted by molar-refractivity contribution is 5.94. The first-order chi connectivity index (χ1) is 11.0. The van der Waals surface area contributed by atoms with Crippen LogP contribution < -0.4 is 16.4 Å². The fourth-order valence-electron chi connectivity index (χ4n) is 2.23. The largest absolute Gasteiger partial charge is 0.355 e. The van der Waals surface area contributed by atoms with Gasteiger partial charge in [0.25, 0.3) is 5.91 Å². The Balaban J connectivity index is 1.62. The van der Waals surface area contributed by atoms with Crippen LogP contribution in [0.15, 0.2) is 18.2 Å². The van der Waals surface area contributed by atoms with Crippen molar-refractivity contribution in [2.75, 3.05) is 13.1 Å². The molecule has 0 aliphatic heterocycles. The second kappa shape index (κ2) is 8.01. The highest BCUT2D eigenvalue weighted by Gasteiger charge is 2.28. The standard InChI is InChI=1S/C16H21F2N3O2/c17-11-5-6-12(13(18)8-11)16(23)20-7-1-2-15(22)21-9-14(19)10-3-4-10/h5-6,8,10,14H,1-4,7,9,19H2,(H,20,23)(H,21,22). The second-order valence-corrected chi connectivity index (χ2v) is 5.79. The Morgan fingerprint density at radius 2 is 2.00 bits per heavy atom. The summed E-state index contributed by atoms with van der Waals surface area (Å²) in [5, 5.41) is 5.26. The lowest BCUT2D eigenvalue weighted by Gasteiger charge is -2.11. The Bertz CT molecular complexity index is 576. The van der Waals surface area contributed by atoms with E-state index < -0.39 is 17.5 Å². The van der Waals surface area contributed by atoms with E-state index in [-0.39, 0.29) is 30.5 Å². The summed E-state index contributed by atoms with van der Waals surface area (Å²) in [6, 6.07) is 2.78. The van der Waals surface area contributed by atoms with Gasteiger partial charge >= 0.3 is 0 Å².